The Labute approximate surface area is 135 Å². The highest BCUT2D eigenvalue weighted by Crippen LogP contribution is 2.37. The van der Waals surface area contributed by atoms with E-state index in [-0.39, 0.29) is 12.0 Å². The fourth-order valence-electron chi connectivity index (χ4n) is 2.70. The molecule has 0 saturated heterocycles. The maximum Gasteiger partial charge on any atom is 0.417 e. The zero-order valence-corrected chi connectivity index (χ0v) is 12.5. The van der Waals surface area contributed by atoms with Crippen molar-refractivity contribution in [2.45, 2.75) is 19.0 Å². The molecule has 0 saturated carbocycles. The number of nitrogens with one attached hydrogen (secondary N) is 1. The van der Waals surface area contributed by atoms with Gasteiger partial charge in [0.05, 0.1) is 5.56 Å². The predicted octanol–water partition coefficient (Wildman–Crippen LogP) is 4.87. The number of aromatic amines is 1. The molecule has 124 valence electrons. The van der Waals surface area contributed by atoms with Crippen molar-refractivity contribution >= 4 is 16.9 Å². The molecule has 0 bridgehead atoms. The van der Waals surface area contributed by atoms with Crippen molar-refractivity contribution in [3.8, 4) is 11.3 Å². The highest BCUT2D eigenvalue weighted by Gasteiger charge is 2.33. The number of aryl methyl sites for hydroxylation is 1. The molecule has 0 fully saturated rings. The number of hydrogen-bond acceptors (Lipinski definition) is 1. The molecule has 3 nitrogen and oxygen atoms in total. The summed E-state index contributed by atoms with van der Waals surface area (Å²) in [6, 6.07) is 12.4. The Morgan fingerprint density at radius 3 is 2.54 bits per heavy atom. The normalized spacial score (nSPS) is 11.8. The van der Waals surface area contributed by atoms with Gasteiger partial charge >= 0.3 is 12.1 Å². The molecule has 0 aliphatic heterocycles. The van der Waals surface area contributed by atoms with E-state index < -0.39 is 17.7 Å². The number of carboxylic acid groups (broad SMARTS) is 1. The summed E-state index contributed by atoms with van der Waals surface area (Å²) in [5.74, 6) is -0.885. The molecule has 0 amide bonds. The minimum Gasteiger partial charge on any atom is -0.481 e. The van der Waals surface area contributed by atoms with E-state index in [1.807, 2.05) is 0 Å². The highest BCUT2D eigenvalue weighted by molar-refractivity contribution is 5.87. The summed E-state index contributed by atoms with van der Waals surface area (Å²) in [6.45, 7) is 0. The van der Waals surface area contributed by atoms with Crippen molar-refractivity contribution < 1.29 is 23.1 Å². The van der Waals surface area contributed by atoms with Gasteiger partial charge in [-0.25, -0.2) is 0 Å². The maximum absolute atomic E-state index is 13.2. The SMILES string of the molecule is O=C(O)CCc1ccc2[nH]c(-c3ccccc3C(F)(F)F)cc2c1. The number of rotatable bonds is 4. The van der Waals surface area contributed by atoms with Crippen LogP contribution < -0.4 is 0 Å². The molecule has 24 heavy (non-hydrogen) atoms. The molecule has 3 aromatic rings. The molecule has 2 N–H and O–H groups in total. The third kappa shape index (κ3) is 3.27. The van der Waals surface area contributed by atoms with E-state index in [4.69, 9.17) is 5.11 Å². The van der Waals surface area contributed by atoms with Crippen molar-refractivity contribution in [2.75, 3.05) is 0 Å². The van der Waals surface area contributed by atoms with Gasteiger partial charge in [-0.1, -0.05) is 24.3 Å². The third-order valence-electron chi connectivity index (χ3n) is 3.84. The first kappa shape index (κ1) is 16.1. The smallest absolute Gasteiger partial charge is 0.417 e. The maximum atomic E-state index is 13.2. The first-order valence-corrected chi connectivity index (χ1v) is 7.34. The van der Waals surface area contributed by atoms with Crippen LogP contribution in [0.25, 0.3) is 22.2 Å². The van der Waals surface area contributed by atoms with Gasteiger partial charge in [0, 0.05) is 28.6 Å². The number of carbonyl (C=O) groups is 1. The average molecular weight is 333 g/mol. The van der Waals surface area contributed by atoms with Crippen LogP contribution in [0.4, 0.5) is 13.2 Å². The van der Waals surface area contributed by atoms with Crippen molar-refractivity contribution in [3.05, 3.63) is 59.7 Å². The summed E-state index contributed by atoms with van der Waals surface area (Å²) in [7, 11) is 0. The second-order valence-corrected chi connectivity index (χ2v) is 5.54. The molecule has 6 heteroatoms. The summed E-state index contributed by atoms with van der Waals surface area (Å²) in [5.41, 5.74) is 1.32. The van der Waals surface area contributed by atoms with E-state index >= 15 is 0 Å². The summed E-state index contributed by atoms with van der Waals surface area (Å²) in [5, 5.41) is 9.49. The molecule has 1 heterocycles. The lowest BCUT2D eigenvalue weighted by molar-refractivity contribution is -0.137. The number of fused-ring (bicyclic) bond motifs is 1. The first-order valence-electron chi connectivity index (χ1n) is 7.34. The van der Waals surface area contributed by atoms with Crippen LogP contribution in [0.3, 0.4) is 0 Å². The molecular weight excluding hydrogens is 319 g/mol. The van der Waals surface area contributed by atoms with E-state index in [2.05, 4.69) is 4.98 Å². The zero-order chi connectivity index (χ0) is 17.3. The lowest BCUT2D eigenvalue weighted by Gasteiger charge is -2.11. The number of halogens is 3. The summed E-state index contributed by atoms with van der Waals surface area (Å²) < 4.78 is 39.5. The molecule has 1 aromatic heterocycles. The van der Waals surface area contributed by atoms with Gasteiger partial charge in [-0.2, -0.15) is 13.2 Å². The van der Waals surface area contributed by atoms with Crippen LogP contribution >= 0.6 is 0 Å². The summed E-state index contributed by atoms with van der Waals surface area (Å²) >= 11 is 0. The standard InChI is InChI=1S/C18H14F3NO2/c19-18(20,21)14-4-2-1-3-13(14)16-10-12-9-11(6-8-17(23)24)5-7-15(12)22-16/h1-5,7,9-10,22H,6,8H2,(H,23,24). The van der Waals surface area contributed by atoms with Crippen molar-refractivity contribution in [3.63, 3.8) is 0 Å². The van der Waals surface area contributed by atoms with Gasteiger partial charge in [-0.3, -0.25) is 4.79 Å². The van der Waals surface area contributed by atoms with Gasteiger partial charge in [0.1, 0.15) is 0 Å². The van der Waals surface area contributed by atoms with Gasteiger partial charge in [0.2, 0.25) is 0 Å². The van der Waals surface area contributed by atoms with Gasteiger partial charge in [0.15, 0.2) is 0 Å². The molecule has 3 rings (SSSR count). The Bertz CT molecular complexity index is 897. The van der Waals surface area contributed by atoms with E-state index in [0.717, 1.165) is 17.0 Å². The van der Waals surface area contributed by atoms with Gasteiger partial charge in [-0.15, -0.1) is 0 Å². The van der Waals surface area contributed by atoms with Crippen LogP contribution in [0.5, 0.6) is 0 Å². The van der Waals surface area contributed by atoms with Crippen molar-refractivity contribution in [2.24, 2.45) is 0 Å². The minimum atomic E-state index is -4.43. The van der Waals surface area contributed by atoms with Gasteiger partial charge in [-0.05, 0) is 36.2 Å². The van der Waals surface area contributed by atoms with E-state index in [1.165, 1.54) is 12.1 Å². The number of hydrogen-bond donors (Lipinski definition) is 2. The minimum absolute atomic E-state index is 0.0136. The number of carboxylic acids is 1. The molecule has 0 unspecified atom stereocenters. The Morgan fingerprint density at radius 1 is 1.08 bits per heavy atom. The van der Waals surface area contributed by atoms with Crippen LogP contribution in [0.15, 0.2) is 48.5 Å². The Morgan fingerprint density at radius 2 is 1.83 bits per heavy atom. The largest absolute Gasteiger partial charge is 0.481 e. The Balaban J connectivity index is 2.01. The van der Waals surface area contributed by atoms with Crippen molar-refractivity contribution in [1.82, 2.24) is 4.98 Å². The number of aliphatic carboxylic acids is 1. The monoisotopic (exact) mass is 333 g/mol. The number of aromatic nitrogens is 1. The third-order valence-corrected chi connectivity index (χ3v) is 3.84. The summed E-state index contributed by atoms with van der Waals surface area (Å²) in [4.78, 5) is 13.6. The molecule has 0 spiro atoms. The van der Waals surface area contributed by atoms with Crippen molar-refractivity contribution in [1.29, 1.82) is 0 Å². The lowest BCUT2D eigenvalue weighted by Crippen LogP contribution is -2.06. The summed E-state index contributed by atoms with van der Waals surface area (Å²) in [6.07, 6.45) is -4.04. The predicted molar refractivity (Wildman–Crippen MR) is 84.7 cm³/mol. The second kappa shape index (κ2) is 6.03. The highest BCUT2D eigenvalue weighted by atomic mass is 19.4. The van der Waals surface area contributed by atoms with Crippen LogP contribution in [0.1, 0.15) is 17.5 Å². The van der Waals surface area contributed by atoms with Crippen LogP contribution in [-0.2, 0) is 17.4 Å². The number of H-pyrrole nitrogens is 1. The first-order chi connectivity index (χ1) is 11.3. The lowest BCUT2D eigenvalue weighted by atomic mass is 10.0. The second-order valence-electron chi connectivity index (χ2n) is 5.54. The zero-order valence-electron chi connectivity index (χ0n) is 12.5. The van der Waals surface area contributed by atoms with E-state index in [0.29, 0.717) is 17.6 Å². The quantitative estimate of drug-likeness (QED) is 0.715. The van der Waals surface area contributed by atoms with Crippen LogP contribution in [0.2, 0.25) is 0 Å². The Kier molecular flexibility index (Phi) is 4.05. The van der Waals surface area contributed by atoms with E-state index in [9.17, 15) is 18.0 Å². The van der Waals surface area contributed by atoms with Gasteiger partial charge in [0.25, 0.3) is 0 Å². The number of alkyl halides is 3. The fraction of sp³-hybridized carbons (Fsp3) is 0.167. The van der Waals surface area contributed by atoms with Crippen LogP contribution in [-0.4, -0.2) is 16.1 Å². The molecular formula is C18H14F3NO2. The fourth-order valence-corrected chi connectivity index (χ4v) is 2.70. The molecule has 2 aromatic carbocycles. The molecule has 0 atom stereocenters. The number of benzene rings is 2. The van der Waals surface area contributed by atoms with Gasteiger partial charge < -0.3 is 10.1 Å². The molecule has 0 aliphatic carbocycles. The average Bonchev–Trinajstić information content (AvgIpc) is 2.95. The van der Waals surface area contributed by atoms with Crippen LogP contribution in [0, 0.1) is 0 Å². The molecule has 0 aliphatic rings. The topological polar surface area (TPSA) is 53.1 Å². The van der Waals surface area contributed by atoms with E-state index in [1.54, 1.807) is 30.3 Å². The molecule has 0 radical (unpaired) electrons. The Hall–Kier alpha value is -2.76.